The number of nitrogens with one attached hydrogen (secondary N) is 2. The average molecular weight is 310 g/mol. The number of thioether (sulfide) groups is 1. The van der Waals surface area contributed by atoms with Gasteiger partial charge in [-0.15, -0.1) is 0 Å². The van der Waals surface area contributed by atoms with Crippen molar-refractivity contribution in [2.45, 2.75) is 19.4 Å². The summed E-state index contributed by atoms with van der Waals surface area (Å²) in [6.07, 6.45) is 2.21. The maximum absolute atomic E-state index is 11.8. The van der Waals surface area contributed by atoms with Gasteiger partial charge in [0.2, 0.25) is 0 Å². The molecule has 0 saturated carbocycles. The lowest BCUT2D eigenvalue weighted by Gasteiger charge is -2.14. The fourth-order valence-electron chi connectivity index (χ4n) is 1.63. The van der Waals surface area contributed by atoms with Crippen LogP contribution in [0.1, 0.15) is 23.7 Å². The largest absolute Gasteiger partial charge is 0.480 e. The van der Waals surface area contributed by atoms with Gasteiger partial charge in [-0.2, -0.15) is 11.8 Å². The van der Waals surface area contributed by atoms with Crippen LogP contribution in [0.15, 0.2) is 24.3 Å². The standard InChI is InChI=1S/C14H18N2O4S/c1-9(17)10-4-3-5-11(8-10)15-14(20)16-12(13(18)19)6-7-21-2/h3-5,8,12H,6-7H2,1-2H3,(H,18,19)(H2,15,16,20)/t12-/m0/s1. The third-order valence-corrected chi connectivity index (χ3v) is 3.38. The van der Waals surface area contributed by atoms with Crippen molar-refractivity contribution in [3.63, 3.8) is 0 Å². The minimum Gasteiger partial charge on any atom is -0.480 e. The summed E-state index contributed by atoms with van der Waals surface area (Å²) in [4.78, 5) is 34.1. The molecule has 1 atom stereocenters. The number of hydrogen-bond acceptors (Lipinski definition) is 4. The number of hydrogen-bond donors (Lipinski definition) is 3. The molecule has 0 aliphatic heterocycles. The average Bonchev–Trinajstić information content (AvgIpc) is 2.43. The van der Waals surface area contributed by atoms with Crippen molar-refractivity contribution in [3.8, 4) is 0 Å². The molecule has 21 heavy (non-hydrogen) atoms. The number of ketones is 1. The van der Waals surface area contributed by atoms with Crippen molar-refractivity contribution in [1.82, 2.24) is 5.32 Å². The van der Waals surface area contributed by atoms with E-state index >= 15 is 0 Å². The summed E-state index contributed by atoms with van der Waals surface area (Å²) in [5.41, 5.74) is 0.916. The highest BCUT2D eigenvalue weighted by atomic mass is 32.2. The zero-order chi connectivity index (χ0) is 15.8. The molecule has 1 aromatic rings. The first-order valence-electron chi connectivity index (χ1n) is 6.34. The number of carbonyl (C=O) groups is 3. The summed E-state index contributed by atoms with van der Waals surface area (Å²) in [7, 11) is 0. The Morgan fingerprint density at radius 1 is 1.33 bits per heavy atom. The van der Waals surface area contributed by atoms with Crippen molar-refractivity contribution < 1.29 is 19.5 Å². The first-order chi connectivity index (χ1) is 9.93. The number of urea groups is 1. The Hall–Kier alpha value is -2.02. The molecule has 1 aromatic carbocycles. The lowest BCUT2D eigenvalue weighted by atomic mass is 10.1. The predicted molar refractivity (Wildman–Crippen MR) is 83.0 cm³/mol. The normalized spacial score (nSPS) is 11.5. The van der Waals surface area contributed by atoms with Gasteiger partial charge < -0.3 is 15.7 Å². The van der Waals surface area contributed by atoms with E-state index in [0.717, 1.165) is 0 Å². The van der Waals surface area contributed by atoms with E-state index < -0.39 is 18.0 Å². The van der Waals surface area contributed by atoms with Crippen LogP contribution in [0.4, 0.5) is 10.5 Å². The van der Waals surface area contributed by atoms with Crippen LogP contribution in [0.25, 0.3) is 0 Å². The molecule has 0 aromatic heterocycles. The molecule has 6 nitrogen and oxygen atoms in total. The van der Waals surface area contributed by atoms with Gasteiger partial charge in [0.1, 0.15) is 6.04 Å². The highest BCUT2D eigenvalue weighted by molar-refractivity contribution is 7.98. The van der Waals surface area contributed by atoms with E-state index in [2.05, 4.69) is 10.6 Å². The minimum atomic E-state index is -1.07. The summed E-state index contributed by atoms with van der Waals surface area (Å²) in [5.74, 6) is -0.545. The lowest BCUT2D eigenvalue weighted by Crippen LogP contribution is -2.43. The Bertz CT molecular complexity index is 533. The van der Waals surface area contributed by atoms with E-state index in [1.54, 1.807) is 24.3 Å². The maximum Gasteiger partial charge on any atom is 0.326 e. The van der Waals surface area contributed by atoms with E-state index in [1.165, 1.54) is 18.7 Å². The number of carbonyl (C=O) groups excluding carboxylic acids is 2. The molecule has 2 amide bonds. The number of amides is 2. The molecule has 7 heteroatoms. The summed E-state index contributed by atoms with van der Waals surface area (Å²) in [6.45, 7) is 1.43. The summed E-state index contributed by atoms with van der Waals surface area (Å²) in [6, 6.07) is 4.92. The smallest absolute Gasteiger partial charge is 0.326 e. The second-order valence-electron chi connectivity index (χ2n) is 4.41. The SMILES string of the molecule is CSCC[C@H](NC(=O)Nc1cccc(C(C)=O)c1)C(=O)O. The van der Waals surface area contributed by atoms with Crippen molar-refractivity contribution in [3.05, 3.63) is 29.8 Å². The Morgan fingerprint density at radius 2 is 2.05 bits per heavy atom. The van der Waals surface area contributed by atoms with Gasteiger partial charge in [-0.3, -0.25) is 4.79 Å². The second kappa shape index (κ2) is 8.31. The van der Waals surface area contributed by atoms with E-state index in [9.17, 15) is 14.4 Å². The zero-order valence-corrected chi connectivity index (χ0v) is 12.7. The molecule has 114 valence electrons. The van der Waals surface area contributed by atoms with Gasteiger partial charge >= 0.3 is 12.0 Å². The van der Waals surface area contributed by atoms with Crippen molar-refractivity contribution >= 4 is 35.2 Å². The molecule has 0 bridgehead atoms. The Kier molecular flexibility index (Phi) is 6.74. The number of Topliss-reactive ketones (excluding diaryl/α,β-unsaturated/α-hetero) is 1. The van der Waals surface area contributed by atoms with Crippen LogP contribution in [0, 0.1) is 0 Å². The third kappa shape index (κ3) is 5.86. The van der Waals surface area contributed by atoms with Crippen molar-refractivity contribution in [1.29, 1.82) is 0 Å². The van der Waals surface area contributed by atoms with Crippen LogP contribution in [-0.2, 0) is 4.79 Å². The molecule has 3 N–H and O–H groups in total. The monoisotopic (exact) mass is 310 g/mol. The topological polar surface area (TPSA) is 95.5 Å². The summed E-state index contributed by atoms with van der Waals surface area (Å²) in [5, 5.41) is 14.0. The van der Waals surface area contributed by atoms with Gasteiger partial charge in [0, 0.05) is 11.3 Å². The second-order valence-corrected chi connectivity index (χ2v) is 5.39. The van der Waals surface area contributed by atoms with Crippen LogP contribution >= 0.6 is 11.8 Å². The van der Waals surface area contributed by atoms with Crippen LogP contribution in [0.2, 0.25) is 0 Å². The van der Waals surface area contributed by atoms with E-state index in [1.807, 2.05) is 6.26 Å². The van der Waals surface area contributed by atoms with Gasteiger partial charge in [-0.25, -0.2) is 9.59 Å². The lowest BCUT2D eigenvalue weighted by molar-refractivity contribution is -0.139. The van der Waals surface area contributed by atoms with E-state index in [-0.39, 0.29) is 5.78 Å². The number of anilines is 1. The minimum absolute atomic E-state index is 0.109. The highest BCUT2D eigenvalue weighted by Gasteiger charge is 2.19. The third-order valence-electron chi connectivity index (χ3n) is 2.74. The first kappa shape index (κ1) is 17.0. The molecule has 0 aliphatic carbocycles. The van der Waals surface area contributed by atoms with Gasteiger partial charge in [-0.05, 0) is 37.5 Å². The van der Waals surface area contributed by atoms with Crippen molar-refractivity contribution in [2.75, 3.05) is 17.3 Å². The molecule has 0 unspecified atom stereocenters. The number of benzene rings is 1. The molecule has 0 aliphatic rings. The van der Waals surface area contributed by atoms with E-state index in [0.29, 0.717) is 23.4 Å². The Morgan fingerprint density at radius 3 is 2.62 bits per heavy atom. The van der Waals surface area contributed by atoms with Crippen LogP contribution < -0.4 is 10.6 Å². The van der Waals surface area contributed by atoms with Crippen molar-refractivity contribution in [2.24, 2.45) is 0 Å². The fourth-order valence-corrected chi connectivity index (χ4v) is 2.11. The number of rotatable bonds is 7. The molecule has 0 fully saturated rings. The summed E-state index contributed by atoms with van der Waals surface area (Å²) >= 11 is 1.51. The first-order valence-corrected chi connectivity index (χ1v) is 7.73. The Balaban J connectivity index is 2.65. The van der Waals surface area contributed by atoms with E-state index in [4.69, 9.17) is 5.11 Å². The quantitative estimate of drug-likeness (QED) is 0.671. The van der Waals surface area contributed by atoms with Crippen LogP contribution in [-0.4, -0.2) is 40.9 Å². The van der Waals surface area contributed by atoms with Gasteiger partial charge in [0.25, 0.3) is 0 Å². The zero-order valence-electron chi connectivity index (χ0n) is 11.9. The van der Waals surface area contributed by atoms with Gasteiger partial charge in [0.05, 0.1) is 0 Å². The van der Waals surface area contributed by atoms with Crippen LogP contribution in [0.3, 0.4) is 0 Å². The predicted octanol–water partition coefficient (Wildman–Crippen LogP) is 2.22. The molecular weight excluding hydrogens is 292 g/mol. The number of carboxylic acid groups (broad SMARTS) is 1. The molecule has 0 saturated heterocycles. The molecule has 0 spiro atoms. The molecule has 0 heterocycles. The molecular formula is C14H18N2O4S. The fraction of sp³-hybridized carbons (Fsp3) is 0.357. The maximum atomic E-state index is 11.8. The molecule has 1 rings (SSSR count). The van der Waals surface area contributed by atoms with Gasteiger partial charge in [-0.1, -0.05) is 12.1 Å². The Labute approximate surface area is 127 Å². The highest BCUT2D eigenvalue weighted by Crippen LogP contribution is 2.11. The number of aliphatic carboxylic acids is 1. The molecule has 0 radical (unpaired) electrons. The van der Waals surface area contributed by atoms with Crippen LogP contribution in [0.5, 0.6) is 0 Å². The number of carboxylic acids is 1. The summed E-state index contributed by atoms with van der Waals surface area (Å²) < 4.78 is 0. The van der Waals surface area contributed by atoms with Gasteiger partial charge in [0.15, 0.2) is 5.78 Å².